The van der Waals surface area contributed by atoms with Gasteiger partial charge in [-0.05, 0) is 12.8 Å². The molecule has 0 aliphatic carbocycles. The van der Waals surface area contributed by atoms with Crippen LogP contribution in [0.2, 0.25) is 0 Å². The molecule has 1 saturated heterocycles. The van der Waals surface area contributed by atoms with Gasteiger partial charge in [-0.3, -0.25) is 18.9 Å². The van der Waals surface area contributed by atoms with Crippen LogP contribution in [0.1, 0.15) is 25.1 Å². The van der Waals surface area contributed by atoms with Crippen LogP contribution in [0.5, 0.6) is 0 Å². The Hall–Kier alpha value is -1.25. The molecular weight excluding hydrogens is 339 g/mol. The third-order valence-corrected chi connectivity index (χ3v) is 6.36. The lowest BCUT2D eigenvalue weighted by Crippen LogP contribution is -2.34. The van der Waals surface area contributed by atoms with Gasteiger partial charge in [-0.2, -0.15) is 0 Å². The van der Waals surface area contributed by atoms with Crippen molar-refractivity contribution in [1.29, 1.82) is 0 Å². The molecule has 1 aliphatic heterocycles. The van der Waals surface area contributed by atoms with Crippen molar-refractivity contribution in [3.63, 3.8) is 0 Å². The van der Waals surface area contributed by atoms with E-state index in [-0.39, 0.29) is 18.5 Å². The lowest BCUT2D eigenvalue weighted by molar-refractivity contribution is -0.0433. The molecule has 1 unspecified atom stereocenters. The van der Waals surface area contributed by atoms with Crippen molar-refractivity contribution in [1.82, 2.24) is 9.55 Å². The Morgan fingerprint density at radius 2 is 2.08 bits per heavy atom. The molecule has 136 valence electrons. The first kappa shape index (κ1) is 19.1. The van der Waals surface area contributed by atoms with Crippen LogP contribution in [0.3, 0.4) is 0 Å². The number of hydrogen-bond acceptors (Lipinski definition) is 7. The summed E-state index contributed by atoms with van der Waals surface area (Å²) in [5, 5.41) is 10.3. The van der Waals surface area contributed by atoms with E-state index in [9.17, 15) is 19.3 Å². The van der Waals surface area contributed by atoms with Crippen molar-refractivity contribution >= 4 is 7.60 Å². The number of hydrogen-bond donors (Lipinski definition) is 2. The van der Waals surface area contributed by atoms with Crippen molar-refractivity contribution in [3.8, 4) is 0 Å². The van der Waals surface area contributed by atoms with Crippen molar-refractivity contribution in [2.24, 2.45) is 5.92 Å². The molecule has 0 spiro atoms. The molecule has 1 aromatic rings. The summed E-state index contributed by atoms with van der Waals surface area (Å²) < 4.78 is 29.1. The van der Waals surface area contributed by atoms with Gasteiger partial charge in [0.05, 0.1) is 18.4 Å². The first-order valence-electron chi connectivity index (χ1n) is 7.57. The highest BCUT2D eigenvalue weighted by molar-refractivity contribution is 7.53. The van der Waals surface area contributed by atoms with E-state index in [0.717, 1.165) is 0 Å². The molecule has 1 aliphatic rings. The van der Waals surface area contributed by atoms with Crippen molar-refractivity contribution in [3.05, 3.63) is 32.6 Å². The maximum Gasteiger partial charge on any atom is 0.330 e. The van der Waals surface area contributed by atoms with E-state index in [4.69, 9.17) is 13.8 Å². The highest BCUT2D eigenvalue weighted by atomic mass is 31.2. The van der Waals surface area contributed by atoms with Crippen molar-refractivity contribution in [2.75, 3.05) is 20.4 Å². The Labute approximate surface area is 139 Å². The highest BCUT2D eigenvalue weighted by Crippen LogP contribution is 2.49. The minimum atomic E-state index is -3.24. The zero-order valence-electron chi connectivity index (χ0n) is 14.1. The second-order valence-electron chi connectivity index (χ2n) is 5.97. The maximum atomic E-state index is 12.2. The molecule has 0 radical (unpaired) electrons. The number of ether oxygens (including phenoxy) is 1. The van der Waals surface area contributed by atoms with Gasteiger partial charge in [-0.15, -0.1) is 0 Å². The molecule has 4 atom stereocenters. The summed E-state index contributed by atoms with van der Waals surface area (Å²) in [6.45, 7) is 3.34. The van der Waals surface area contributed by atoms with Crippen molar-refractivity contribution < 1.29 is 23.5 Å². The number of aryl methyl sites for hydroxylation is 1. The summed E-state index contributed by atoms with van der Waals surface area (Å²) in [5.41, 5.74) is -0.691. The summed E-state index contributed by atoms with van der Waals surface area (Å²) in [6.07, 6.45) is -0.515. The first-order valence-corrected chi connectivity index (χ1v) is 9.29. The van der Waals surface area contributed by atoms with E-state index < -0.39 is 37.3 Å². The summed E-state index contributed by atoms with van der Waals surface area (Å²) in [6, 6.07) is 0. The molecule has 2 rings (SSSR count). The Morgan fingerprint density at radius 1 is 1.46 bits per heavy atom. The number of rotatable bonds is 6. The Kier molecular flexibility index (Phi) is 5.83. The van der Waals surface area contributed by atoms with Crippen LogP contribution in [0.4, 0.5) is 0 Å². The lowest BCUT2D eigenvalue weighted by atomic mass is 10.0. The number of aromatic amines is 1. The van der Waals surface area contributed by atoms with Gasteiger partial charge in [0.15, 0.2) is 0 Å². The summed E-state index contributed by atoms with van der Waals surface area (Å²) in [7, 11) is -0.639. The van der Waals surface area contributed by atoms with Crippen LogP contribution in [-0.2, 0) is 18.3 Å². The largest absolute Gasteiger partial charge is 0.390 e. The van der Waals surface area contributed by atoms with Crippen LogP contribution < -0.4 is 11.2 Å². The standard InChI is InChI=1S/C14H23N2O7P/c1-8-6-16(14(19)15-13(8)18)11-5-10(17)12(23-11)9(2)7-24(20,21-3)22-4/h6,9-12,17H,5,7H2,1-4H3,(H,15,18,19)/t9-,10-,11-,12?/m1/s1. The highest BCUT2D eigenvalue weighted by Gasteiger charge is 2.41. The van der Waals surface area contributed by atoms with Crippen LogP contribution >= 0.6 is 7.60 Å². The molecule has 10 heteroatoms. The molecule has 0 bridgehead atoms. The van der Waals surface area contributed by atoms with E-state index in [1.807, 2.05) is 0 Å². The molecule has 0 amide bonds. The van der Waals surface area contributed by atoms with E-state index in [0.29, 0.717) is 5.56 Å². The second kappa shape index (κ2) is 7.33. The molecule has 24 heavy (non-hydrogen) atoms. The zero-order chi connectivity index (χ0) is 18.1. The SMILES string of the molecule is COP(=O)(C[C@@H](C)C1O[C@@H](n2cc(C)c(=O)[nH]c2=O)C[C@H]1O)OC. The number of aliphatic hydroxyl groups excluding tert-OH is 1. The predicted molar refractivity (Wildman–Crippen MR) is 86.2 cm³/mol. The molecule has 0 aromatic carbocycles. The van der Waals surface area contributed by atoms with Gasteiger partial charge >= 0.3 is 13.3 Å². The topological polar surface area (TPSA) is 120 Å². The molecule has 0 saturated carbocycles. The monoisotopic (exact) mass is 362 g/mol. The molecule has 2 N–H and O–H groups in total. The molecule has 2 heterocycles. The first-order chi connectivity index (χ1) is 11.2. The number of H-pyrrole nitrogens is 1. The third-order valence-electron chi connectivity index (χ3n) is 4.22. The number of nitrogens with zero attached hydrogens (tertiary/aromatic N) is 1. The minimum Gasteiger partial charge on any atom is -0.390 e. The molecule has 1 aromatic heterocycles. The van der Waals surface area contributed by atoms with Gasteiger partial charge in [-0.1, -0.05) is 6.92 Å². The Bertz CT molecular complexity index is 735. The van der Waals surface area contributed by atoms with E-state index in [1.165, 1.54) is 25.0 Å². The lowest BCUT2D eigenvalue weighted by Gasteiger charge is -2.25. The summed E-state index contributed by atoms with van der Waals surface area (Å²) >= 11 is 0. The summed E-state index contributed by atoms with van der Waals surface area (Å²) in [5.74, 6) is -0.324. The second-order valence-corrected chi connectivity index (χ2v) is 8.29. The zero-order valence-corrected chi connectivity index (χ0v) is 15.0. The molecular formula is C14H23N2O7P. The van der Waals surface area contributed by atoms with Crippen LogP contribution in [0.15, 0.2) is 15.8 Å². The van der Waals surface area contributed by atoms with Gasteiger partial charge in [0, 0.05) is 32.4 Å². The van der Waals surface area contributed by atoms with Crippen LogP contribution in [0.25, 0.3) is 0 Å². The summed E-state index contributed by atoms with van der Waals surface area (Å²) in [4.78, 5) is 25.6. The van der Waals surface area contributed by atoms with Crippen molar-refractivity contribution in [2.45, 2.75) is 38.7 Å². The quantitative estimate of drug-likeness (QED) is 0.712. The Morgan fingerprint density at radius 3 is 2.67 bits per heavy atom. The molecule has 1 fully saturated rings. The average molecular weight is 362 g/mol. The van der Waals surface area contributed by atoms with E-state index >= 15 is 0 Å². The third kappa shape index (κ3) is 3.87. The fraction of sp³-hybridized carbons (Fsp3) is 0.714. The maximum absolute atomic E-state index is 12.2. The van der Waals surface area contributed by atoms with Gasteiger partial charge in [0.2, 0.25) is 0 Å². The molecule has 9 nitrogen and oxygen atoms in total. The van der Waals surface area contributed by atoms with E-state index in [1.54, 1.807) is 13.8 Å². The fourth-order valence-electron chi connectivity index (χ4n) is 2.84. The number of nitrogens with one attached hydrogen (secondary N) is 1. The smallest absolute Gasteiger partial charge is 0.330 e. The number of aliphatic hydroxyl groups is 1. The van der Waals surface area contributed by atoms with Gasteiger partial charge in [-0.25, -0.2) is 4.79 Å². The average Bonchev–Trinajstić information content (AvgIpc) is 2.92. The van der Waals surface area contributed by atoms with Crippen LogP contribution in [0, 0.1) is 12.8 Å². The van der Waals surface area contributed by atoms with Gasteiger partial charge in [0.25, 0.3) is 5.56 Å². The van der Waals surface area contributed by atoms with Crippen LogP contribution in [-0.4, -0.2) is 47.2 Å². The predicted octanol–water partition coefficient (Wildman–Crippen LogP) is 0.615. The van der Waals surface area contributed by atoms with Gasteiger partial charge < -0.3 is 18.9 Å². The normalized spacial score (nSPS) is 25.8. The fourth-order valence-corrected chi connectivity index (χ4v) is 4.20. The number of aromatic nitrogens is 2. The van der Waals surface area contributed by atoms with E-state index in [2.05, 4.69) is 4.98 Å². The van der Waals surface area contributed by atoms with Gasteiger partial charge in [0.1, 0.15) is 6.23 Å². The Balaban J connectivity index is 2.18. The minimum absolute atomic E-state index is 0.0774.